The fourth-order valence-electron chi connectivity index (χ4n) is 1.47. The van der Waals surface area contributed by atoms with Gasteiger partial charge in [-0.1, -0.05) is 0 Å². The van der Waals surface area contributed by atoms with Crippen molar-refractivity contribution in [3.05, 3.63) is 10.5 Å². The summed E-state index contributed by atoms with van der Waals surface area (Å²) >= 11 is 0. The highest BCUT2D eigenvalue weighted by molar-refractivity contribution is 5.33. The van der Waals surface area contributed by atoms with E-state index < -0.39 is 0 Å². The van der Waals surface area contributed by atoms with Crippen molar-refractivity contribution in [2.75, 3.05) is 24.2 Å². The van der Waals surface area contributed by atoms with E-state index in [-0.39, 0.29) is 5.69 Å². The van der Waals surface area contributed by atoms with Crippen LogP contribution in [-0.4, -0.2) is 28.1 Å². The van der Waals surface area contributed by atoms with Crippen molar-refractivity contribution in [1.29, 1.82) is 0 Å². The first kappa shape index (κ1) is 8.98. The van der Waals surface area contributed by atoms with Crippen LogP contribution in [0.2, 0.25) is 0 Å². The zero-order chi connectivity index (χ0) is 9.97. The Kier molecular flexibility index (Phi) is 2.34. The maximum atomic E-state index is 11.5. The molecule has 2 heterocycles. The topological polar surface area (TPSA) is 71.8 Å². The standard InChI is InChI=1S/C8H13N5O/c1-9-6-11-7-10-4-2-3-5-13(7)8(14)12-6/h2-5H2,1H3,(H2,9,10,11,12,14). The van der Waals surface area contributed by atoms with Crippen molar-refractivity contribution in [2.45, 2.75) is 19.4 Å². The lowest BCUT2D eigenvalue weighted by Crippen LogP contribution is -2.26. The third-order valence-electron chi connectivity index (χ3n) is 2.22. The molecule has 0 radical (unpaired) electrons. The van der Waals surface area contributed by atoms with Crippen molar-refractivity contribution in [3.8, 4) is 0 Å². The van der Waals surface area contributed by atoms with E-state index in [1.165, 1.54) is 0 Å². The quantitative estimate of drug-likeness (QED) is 0.654. The molecule has 6 nitrogen and oxygen atoms in total. The molecule has 0 aliphatic carbocycles. The van der Waals surface area contributed by atoms with E-state index in [9.17, 15) is 4.79 Å². The summed E-state index contributed by atoms with van der Waals surface area (Å²) in [5.74, 6) is 0.988. The molecule has 0 aromatic carbocycles. The average molecular weight is 195 g/mol. The normalized spacial score (nSPS) is 15.2. The number of nitrogens with zero attached hydrogens (tertiary/aromatic N) is 3. The van der Waals surface area contributed by atoms with E-state index in [0.29, 0.717) is 18.4 Å². The second-order valence-electron chi connectivity index (χ2n) is 3.19. The molecule has 1 aliphatic heterocycles. The number of fused-ring (bicyclic) bond motifs is 1. The van der Waals surface area contributed by atoms with Gasteiger partial charge in [-0.2, -0.15) is 9.97 Å². The lowest BCUT2D eigenvalue weighted by molar-refractivity contribution is 0.616. The zero-order valence-electron chi connectivity index (χ0n) is 8.08. The SMILES string of the molecule is CNc1nc2n(c(=O)n1)CCCCN2. The monoisotopic (exact) mass is 195 g/mol. The molecule has 1 aromatic rings. The minimum absolute atomic E-state index is 0.242. The Balaban J connectivity index is 2.48. The van der Waals surface area contributed by atoms with Gasteiger partial charge in [-0.3, -0.25) is 4.57 Å². The van der Waals surface area contributed by atoms with Gasteiger partial charge in [0.2, 0.25) is 11.9 Å². The highest BCUT2D eigenvalue weighted by atomic mass is 16.1. The van der Waals surface area contributed by atoms with Gasteiger partial charge in [0.15, 0.2) is 0 Å². The Bertz CT molecular complexity index is 386. The van der Waals surface area contributed by atoms with Crippen LogP contribution in [0.1, 0.15) is 12.8 Å². The second kappa shape index (κ2) is 3.65. The molecule has 0 bridgehead atoms. The number of anilines is 2. The van der Waals surface area contributed by atoms with Crippen molar-refractivity contribution in [2.24, 2.45) is 0 Å². The Hall–Kier alpha value is -1.59. The van der Waals surface area contributed by atoms with Crippen molar-refractivity contribution < 1.29 is 0 Å². The minimum Gasteiger partial charge on any atom is -0.357 e. The van der Waals surface area contributed by atoms with Gasteiger partial charge < -0.3 is 10.6 Å². The van der Waals surface area contributed by atoms with Crippen LogP contribution in [0, 0.1) is 0 Å². The van der Waals surface area contributed by atoms with Gasteiger partial charge in [-0.15, -0.1) is 0 Å². The van der Waals surface area contributed by atoms with Crippen LogP contribution in [0.25, 0.3) is 0 Å². The first-order valence-electron chi connectivity index (χ1n) is 4.72. The van der Waals surface area contributed by atoms with Gasteiger partial charge in [-0.05, 0) is 12.8 Å². The van der Waals surface area contributed by atoms with Gasteiger partial charge in [-0.25, -0.2) is 4.79 Å². The number of nitrogens with one attached hydrogen (secondary N) is 2. The predicted octanol–water partition coefficient (Wildman–Crippen LogP) is -0.114. The molecule has 2 rings (SSSR count). The summed E-state index contributed by atoms with van der Waals surface area (Å²) in [5, 5.41) is 5.88. The molecule has 6 heteroatoms. The van der Waals surface area contributed by atoms with Crippen LogP contribution in [0.3, 0.4) is 0 Å². The molecule has 0 saturated heterocycles. The van der Waals surface area contributed by atoms with E-state index in [4.69, 9.17) is 0 Å². The zero-order valence-corrected chi connectivity index (χ0v) is 8.08. The lowest BCUT2D eigenvalue weighted by atomic mass is 10.3. The maximum absolute atomic E-state index is 11.5. The smallest absolute Gasteiger partial charge is 0.353 e. The molecular weight excluding hydrogens is 182 g/mol. The third kappa shape index (κ3) is 1.55. The van der Waals surface area contributed by atoms with Crippen LogP contribution in [0.5, 0.6) is 0 Å². The Labute approximate surface area is 81.4 Å². The van der Waals surface area contributed by atoms with Crippen LogP contribution in [-0.2, 0) is 6.54 Å². The molecule has 0 atom stereocenters. The molecule has 1 aromatic heterocycles. The first-order chi connectivity index (χ1) is 6.81. The first-order valence-corrected chi connectivity index (χ1v) is 4.72. The molecule has 0 amide bonds. The van der Waals surface area contributed by atoms with Gasteiger partial charge in [0.1, 0.15) is 0 Å². The van der Waals surface area contributed by atoms with Crippen molar-refractivity contribution in [3.63, 3.8) is 0 Å². The van der Waals surface area contributed by atoms with E-state index in [2.05, 4.69) is 20.6 Å². The van der Waals surface area contributed by atoms with E-state index in [1.54, 1.807) is 11.6 Å². The average Bonchev–Trinajstić information content (AvgIpc) is 2.42. The Morgan fingerprint density at radius 2 is 2.29 bits per heavy atom. The third-order valence-corrected chi connectivity index (χ3v) is 2.22. The second-order valence-corrected chi connectivity index (χ2v) is 3.19. The van der Waals surface area contributed by atoms with Gasteiger partial charge in [0.25, 0.3) is 0 Å². The number of rotatable bonds is 1. The van der Waals surface area contributed by atoms with Crippen LogP contribution in [0.4, 0.5) is 11.9 Å². The van der Waals surface area contributed by atoms with Gasteiger partial charge in [0.05, 0.1) is 0 Å². The summed E-state index contributed by atoms with van der Waals surface area (Å²) in [6.07, 6.45) is 2.04. The molecule has 76 valence electrons. The molecule has 1 aliphatic rings. The molecule has 14 heavy (non-hydrogen) atoms. The summed E-state index contributed by atoms with van der Waals surface area (Å²) in [5.41, 5.74) is -0.242. The summed E-state index contributed by atoms with van der Waals surface area (Å²) in [7, 11) is 1.70. The van der Waals surface area contributed by atoms with Crippen molar-refractivity contribution in [1.82, 2.24) is 14.5 Å². The summed E-state index contributed by atoms with van der Waals surface area (Å²) in [6.45, 7) is 1.56. The minimum atomic E-state index is -0.242. The largest absolute Gasteiger partial charge is 0.357 e. The molecular formula is C8H13N5O. The van der Waals surface area contributed by atoms with Gasteiger partial charge >= 0.3 is 5.69 Å². The summed E-state index contributed by atoms with van der Waals surface area (Å²) < 4.78 is 1.58. The Morgan fingerprint density at radius 1 is 1.43 bits per heavy atom. The molecule has 0 unspecified atom stereocenters. The van der Waals surface area contributed by atoms with E-state index in [0.717, 1.165) is 19.4 Å². The van der Waals surface area contributed by atoms with Crippen molar-refractivity contribution >= 4 is 11.9 Å². The van der Waals surface area contributed by atoms with E-state index in [1.807, 2.05) is 0 Å². The maximum Gasteiger partial charge on any atom is 0.353 e. The van der Waals surface area contributed by atoms with Crippen LogP contribution in [0.15, 0.2) is 4.79 Å². The number of hydrogen-bond donors (Lipinski definition) is 2. The highest BCUT2D eigenvalue weighted by Crippen LogP contribution is 2.09. The number of hydrogen-bond acceptors (Lipinski definition) is 5. The predicted molar refractivity (Wildman–Crippen MR) is 53.6 cm³/mol. The molecule has 0 spiro atoms. The van der Waals surface area contributed by atoms with Crippen LogP contribution >= 0.6 is 0 Å². The molecule has 2 N–H and O–H groups in total. The van der Waals surface area contributed by atoms with Crippen LogP contribution < -0.4 is 16.3 Å². The molecule has 0 saturated carbocycles. The Morgan fingerprint density at radius 3 is 3.07 bits per heavy atom. The molecule has 0 fully saturated rings. The summed E-state index contributed by atoms with van der Waals surface area (Å²) in [6, 6.07) is 0. The lowest BCUT2D eigenvalue weighted by Gasteiger charge is -2.08. The highest BCUT2D eigenvalue weighted by Gasteiger charge is 2.11. The van der Waals surface area contributed by atoms with Gasteiger partial charge in [0, 0.05) is 20.1 Å². The summed E-state index contributed by atoms with van der Waals surface area (Å²) in [4.78, 5) is 19.5. The van der Waals surface area contributed by atoms with E-state index >= 15 is 0 Å². The fraction of sp³-hybridized carbons (Fsp3) is 0.625. The fourth-order valence-corrected chi connectivity index (χ4v) is 1.47. The number of aromatic nitrogens is 3.